The van der Waals surface area contributed by atoms with E-state index in [-0.39, 0.29) is 0 Å². The summed E-state index contributed by atoms with van der Waals surface area (Å²) in [5, 5.41) is 12.6. The van der Waals surface area contributed by atoms with Gasteiger partial charge in [0.15, 0.2) is 0 Å². The lowest BCUT2D eigenvalue weighted by Crippen LogP contribution is -2.18. The lowest BCUT2D eigenvalue weighted by molar-refractivity contribution is 0.0615. The van der Waals surface area contributed by atoms with Crippen molar-refractivity contribution in [3.63, 3.8) is 0 Å². The van der Waals surface area contributed by atoms with E-state index < -0.39 is 6.10 Å². The topological polar surface area (TPSA) is 54.4 Å². The van der Waals surface area contributed by atoms with Gasteiger partial charge in [-0.3, -0.25) is 0 Å². The number of aliphatic hydroxyl groups is 1. The zero-order chi connectivity index (χ0) is 12.0. The second-order valence-corrected chi connectivity index (χ2v) is 4.56. The summed E-state index contributed by atoms with van der Waals surface area (Å²) in [4.78, 5) is 4.25. The van der Waals surface area contributed by atoms with Gasteiger partial charge in [-0.2, -0.15) is 0 Å². The molecule has 0 amide bonds. The van der Waals surface area contributed by atoms with Crippen molar-refractivity contribution in [2.45, 2.75) is 19.4 Å². The Kier molecular flexibility index (Phi) is 5.73. The molecular weight excluding hydrogens is 272 g/mol. The third kappa shape index (κ3) is 4.47. The molecule has 0 radical (unpaired) electrons. The highest BCUT2D eigenvalue weighted by atomic mass is 79.9. The van der Waals surface area contributed by atoms with Gasteiger partial charge in [0.05, 0.1) is 12.7 Å². The maximum Gasteiger partial charge on any atom is 0.128 e. The van der Waals surface area contributed by atoms with Crippen LogP contribution in [0.25, 0.3) is 0 Å². The lowest BCUT2D eigenvalue weighted by atomic mass is 10.2. The maximum atomic E-state index is 9.45. The van der Waals surface area contributed by atoms with Crippen molar-refractivity contribution in [2.75, 3.05) is 25.6 Å². The summed E-state index contributed by atoms with van der Waals surface area (Å²) in [5.74, 6) is 0.854. The number of methoxy groups -OCH3 is 1. The standard InChI is InChI=1S/C11H17BrN2O2/c1-8-5-9(12)6-14-11(8)13-4-3-10(15)7-16-2/h5-6,10,15H,3-4,7H2,1-2H3,(H,13,14). The van der Waals surface area contributed by atoms with Crippen LogP contribution in [-0.4, -0.2) is 36.5 Å². The van der Waals surface area contributed by atoms with Crippen molar-refractivity contribution < 1.29 is 9.84 Å². The molecule has 0 fully saturated rings. The third-order valence-corrected chi connectivity index (χ3v) is 2.61. The zero-order valence-electron chi connectivity index (χ0n) is 9.53. The van der Waals surface area contributed by atoms with E-state index in [1.807, 2.05) is 13.0 Å². The predicted octanol–water partition coefficient (Wildman–Crippen LogP) is 1.96. The number of aryl methyl sites for hydroxylation is 1. The van der Waals surface area contributed by atoms with Gasteiger partial charge in [0.2, 0.25) is 0 Å². The number of pyridine rings is 1. The van der Waals surface area contributed by atoms with Gasteiger partial charge in [-0.1, -0.05) is 0 Å². The molecule has 0 spiro atoms. The van der Waals surface area contributed by atoms with E-state index in [4.69, 9.17) is 4.74 Å². The van der Waals surface area contributed by atoms with Gasteiger partial charge < -0.3 is 15.2 Å². The number of nitrogens with zero attached hydrogens (tertiary/aromatic N) is 1. The Balaban J connectivity index is 2.37. The average molecular weight is 289 g/mol. The zero-order valence-corrected chi connectivity index (χ0v) is 11.1. The number of anilines is 1. The molecule has 1 atom stereocenters. The molecule has 0 saturated carbocycles. The number of halogens is 1. The van der Waals surface area contributed by atoms with Crippen molar-refractivity contribution >= 4 is 21.7 Å². The summed E-state index contributed by atoms with van der Waals surface area (Å²) in [5.41, 5.74) is 1.08. The van der Waals surface area contributed by atoms with Crippen LogP contribution in [0.3, 0.4) is 0 Å². The van der Waals surface area contributed by atoms with E-state index in [0.717, 1.165) is 15.9 Å². The molecule has 2 N–H and O–H groups in total. The Bertz CT molecular complexity index is 334. The van der Waals surface area contributed by atoms with Crippen molar-refractivity contribution in [3.05, 3.63) is 22.3 Å². The first-order valence-corrected chi connectivity index (χ1v) is 5.95. The van der Waals surface area contributed by atoms with E-state index in [0.29, 0.717) is 19.6 Å². The van der Waals surface area contributed by atoms with Crippen molar-refractivity contribution in [1.82, 2.24) is 4.98 Å². The molecule has 5 heteroatoms. The van der Waals surface area contributed by atoms with Crippen LogP contribution in [0.4, 0.5) is 5.82 Å². The number of aromatic nitrogens is 1. The van der Waals surface area contributed by atoms with E-state index >= 15 is 0 Å². The quantitative estimate of drug-likeness (QED) is 0.840. The summed E-state index contributed by atoms with van der Waals surface area (Å²) in [6, 6.07) is 2.00. The number of hydrogen-bond donors (Lipinski definition) is 2. The number of ether oxygens (including phenoxy) is 1. The van der Waals surface area contributed by atoms with Gasteiger partial charge in [-0.05, 0) is 40.9 Å². The predicted molar refractivity (Wildman–Crippen MR) is 67.7 cm³/mol. The smallest absolute Gasteiger partial charge is 0.128 e. The fraction of sp³-hybridized carbons (Fsp3) is 0.545. The fourth-order valence-electron chi connectivity index (χ4n) is 1.36. The van der Waals surface area contributed by atoms with Crippen LogP contribution in [0, 0.1) is 6.92 Å². The molecule has 90 valence electrons. The number of aliphatic hydroxyl groups excluding tert-OH is 1. The minimum Gasteiger partial charge on any atom is -0.391 e. The fourth-order valence-corrected chi connectivity index (χ4v) is 1.80. The summed E-state index contributed by atoms with van der Waals surface area (Å²) in [7, 11) is 1.58. The van der Waals surface area contributed by atoms with Gasteiger partial charge in [-0.25, -0.2) is 4.98 Å². The highest BCUT2D eigenvalue weighted by Crippen LogP contribution is 2.16. The van der Waals surface area contributed by atoms with Gasteiger partial charge in [-0.15, -0.1) is 0 Å². The first-order chi connectivity index (χ1) is 7.63. The highest BCUT2D eigenvalue weighted by molar-refractivity contribution is 9.10. The summed E-state index contributed by atoms with van der Waals surface area (Å²) < 4.78 is 5.81. The average Bonchev–Trinajstić information content (AvgIpc) is 2.22. The Labute approximate surface area is 104 Å². The second-order valence-electron chi connectivity index (χ2n) is 3.64. The van der Waals surface area contributed by atoms with Gasteiger partial charge in [0, 0.05) is 24.3 Å². The molecule has 1 rings (SSSR count). The molecule has 1 aromatic rings. The number of nitrogens with one attached hydrogen (secondary N) is 1. The lowest BCUT2D eigenvalue weighted by Gasteiger charge is -2.11. The molecule has 16 heavy (non-hydrogen) atoms. The van der Waals surface area contributed by atoms with E-state index in [1.165, 1.54) is 0 Å². The van der Waals surface area contributed by atoms with Crippen LogP contribution in [0.1, 0.15) is 12.0 Å². The monoisotopic (exact) mass is 288 g/mol. The molecule has 0 aliphatic heterocycles. The van der Waals surface area contributed by atoms with Gasteiger partial charge >= 0.3 is 0 Å². The molecule has 0 aliphatic rings. The van der Waals surface area contributed by atoms with Crippen LogP contribution in [0.2, 0.25) is 0 Å². The maximum absolute atomic E-state index is 9.45. The Morgan fingerprint density at radius 1 is 1.62 bits per heavy atom. The first-order valence-electron chi connectivity index (χ1n) is 5.16. The molecule has 1 aromatic heterocycles. The molecule has 0 aliphatic carbocycles. The van der Waals surface area contributed by atoms with Crippen molar-refractivity contribution in [1.29, 1.82) is 0 Å². The highest BCUT2D eigenvalue weighted by Gasteiger charge is 2.04. The van der Waals surface area contributed by atoms with Crippen molar-refractivity contribution in [2.24, 2.45) is 0 Å². The molecule has 4 nitrogen and oxygen atoms in total. The van der Waals surface area contributed by atoms with Crippen LogP contribution < -0.4 is 5.32 Å². The second kappa shape index (κ2) is 6.83. The Morgan fingerprint density at radius 2 is 2.38 bits per heavy atom. The molecular formula is C11H17BrN2O2. The molecule has 1 unspecified atom stereocenters. The molecule has 0 bridgehead atoms. The van der Waals surface area contributed by atoms with E-state index in [1.54, 1.807) is 13.3 Å². The number of hydrogen-bond acceptors (Lipinski definition) is 4. The number of rotatable bonds is 6. The Morgan fingerprint density at radius 3 is 3.00 bits per heavy atom. The summed E-state index contributed by atoms with van der Waals surface area (Å²) in [6.45, 7) is 3.04. The van der Waals surface area contributed by atoms with E-state index in [2.05, 4.69) is 26.2 Å². The van der Waals surface area contributed by atoms with Gasteiger partial charge in [0.25, 0.3) is 0 Å². The third-order valence-electron chi connectivity index (χ3n) is 2.17. The minimum atomic E-state index is -0.423. The molecule has 0 saturated heterocycles. The molecule has 0 aromatic carbocycles. The van der Waals surface area contributed by atoms with Crippen LogP contribution >= 0.6 is 15.9 Å². The summed E-state index contributed by atoms with van der Waals surface area (Å²) >= 11 is 3.36. The van der Waals surface area contributed by atoms with Crippen molar-refractivity contribution in [3.8, 4) is 0 Å². The normalized spacial score (nSPS) is 12.5. The van der Waals surface area contributed by atoms with Crippen LogP contribution in [-0.2, 0) is 4.74 Å². The SMILES string of the molecule is COCC(O)CCNc1ncc(Br)cc1C. The van der Waals surface area contributed by atoms with Crippen LogP contribution in [0.15, 0.2) is 16.7 Å². The Hall–Kier alpha value is -0.650. The summed E-state index contributed by atoms with van der Waals surface area (Å²) in [6.07, 6.45) is 1.97. The molecule has 1 heterocycles. The van der Waals surface area contributed by atoms with Crippen LogP contribution in [0.5, 0.6) is 0 Å². The minimum absolute atomic E-state index is 0.369. The van der Waals surface area contributed by atoms with Gasteiger partial charge in [0.1, 0.15) is 5.82 Å². The first kappa shape index (κ1) is 13.4. The van der Waals surface area contributed by atoms with E-state index in [9.17, 15) is 5.11 Å². The largest absolute Gasteiger partial charge is 0.391 e.